The van der Waals surface area contributed by atoms with Crippen molar-refractivity contribution in [2.24, 2.45) is 0 Å². The van der Waals surface area contributed by atoms with Crippen LogP contribution in [-0.4, -0.2) is 18.7 Å². The Morgan fingerprint density at radius 1 is 1.17 bits per heavy atom. The van der Waals surface area contributed by atoms with E-state index in [1.807, 2.05) is 26.1 Å². The highest BCUT2D eigenvalue weighted by molar-refractivity contribution is 6.01. The molecular weight excluding hydrogens is 230 g/mol. The first-order valence-corrected chi connectivity index (χ1v) is 5.93. The van der Waals surface area contributed by atoms with Gasteiger partial charge in [-0.25, -0.2) is 0 Å². The average Bonchev–Trinajstić information content (AvgIpc) is 2.97. The van der Waals surface area contributed by atoms with Crippen LogP contribution in [0.2, 0.25) is 0 Å². The fourth-order valence-corrected chi connectivity index (χ4v) is 2.50. The average molecular weight is 245 g/mol. The third kappa shape index (κ3) is 1.46. The fraction of sp³-hybridized carbons (Fsp3) is 0.286. The fourth-order valence-electron chi connectivity index (χ4n) is 2.50. The normalized spacial score (nSPS) is 13.5. The van der Waals surface area contributed by atoms with Crippen LogP contribution in [0.3, 0.4) is 0 Å². The monoisotopic (exact) mass is 245 g/mol. The van der Waals surface area contributed by atoms with Gasteiger partial charge in [-0.05, 0) is 26.1 Å². The van der Waals surface area contributed by atoms with Gasteiger partial charge in [-0.3, -0.25) is 0 Å². The number of nitrogens with one attached hydrogen (secondary N) is 1. The topological polar surface area (TPSA) is 58.5 Å². The smallest absolute Gasteiger partial charge is 0.140 e. The molecule has 2 N–H and O–H groups in total. The Morgan fingerprint density at radius 2 is 1.83 bits per heavy atom. The summed E-state index contributed by atoms with van der Waals surface area (Å²) >= 11 is 0. The van der Waals surface area contributed by atoms with Crippen molar-refractivity contribution < 1.29 is 13.9 Å². The van der Waals surface area contributed by atoms with Crippen LogP contribution in [0, 0.1) is 6.92 Å². The molecular formula is C14H15NO3. The van der Waals surface area contributed by atoms with E-state index in [4.69, 9.17) is 8.83 Å². The van der Waals surface area contributed by atoms with Crippen molar-refractivity contribution in [1.29, 1.82) is 0 Å². The zero-order chi connectivity index (χ0) is 12.7. The van der Waals surface area contributed by atoms with Crippen LogP contribution < -0.4 is 5.32 Å². The summed E-state index contributed by atoms with van der Waals surface area (Å²) in [6.45, 7) is 2.47. The van der Waals surface area contributed by atoms with E-state index >= 15 is 0 Å². The molecule has 1 unspecified atom stereocenters. The van der Waals surface area contributed by atoms with E-state index < -0.39 is 6.10 Å². The molecule has 2 heterocycles. The summed E-state index contributed by atoms with van der Waals surface area (Å²) in [5, 5.41) is 15.2. The van der Waals surface area contributed by atoms with Gasteiger partial charge in [-0.15, -0.1) is 0 Å². The molecule has 2 aromatic heterocycles. The number of aliphatic hydroxyl groups is 1. The molecule has 0 fully saturated rings. The number of benzene rings is 1. The molecule has 4 heteroatoms. The van der Waals surface area contributed by atoms with Crippen LogP contribution in [0.4, 0.5) is 0 Å². The van der Waals surface area contributed by atoms with E-state index in [1.54, 1.807) is 12.5 Å². The first kappa shape index (κ1) is 11.3. The second-order valence-electron chi connectivity index (χ2n) is 4.44. The zero-order valence-electron chi connectivity index (χ0n) is 10.4. The molecule has 3 aromatic rings. The van der Waals surface area contributed by atoms with Crippen molar-refractivity contribution in [3.8, 4) is 0 Å². The largest absolute Gasteiger partial charge is 0.464 e. The summed E-state index contributed by atoms with van der Waals surface area (Å²) in [7, 11) is 1.81. The lowest BCUT2D eigenvalue weighted by atomic mass is 9.98. The maximum absolute atomic E-state index is 10.3. The summed E-state index contributed by atoms with van der Waals surface area (Å²) in [5.74, 6) is 0. The molecule has 1 atom stereocenters. The minimum Gasteiger partial charge on any atom is -0.464 e. The molecule has 3 rings (SSSR count). The van der Waals surface area contributed by atoms with Gasteiger partial charge in [-0.1, -0.05) is 0 Å². The van der Waals surface area contributed by atoms with Crippen molar-refractivity contribution in [3.63, 3.8) is 0 Å². The second kappa shape index (κ2) is 4.15. The van der Waals surface area contributed by atoms with Gasteiger partial charge < -0.3 is 19.3 Å². The van der Waals surface area contributed by atoms with Gasteiger partial charge in [0.1, 0.15) is 11.2 Å². The first-order valence-electron chi connectivity index (χ1n) is 5.93. The highest BCUT2D eigenvalue weighted by Gasteiger charge is 2.21. The Bertz CT molecular complexity index is 644. The Labute approximate surface area is 104 Å². The highest BCUT2D eigenvalue weighted by Crippen LogP contribution is 2.36. The molecule has 0 bridgehead atoms. The van der Waals surface area contributed by atoms with Crippen molar-refractivity contribution in [3.05, 3.63) is 35.8 Å². The number of aliphatic hydroxyl groups excluding tert-OH is 1. The molecule has 0 saturated heterocycles. The Morgan fingerprint density at radius 3 is 2.56 bits per heavy atom. The zero-order valence-corrected chi connectivity index (χ0v) is 10.4. The van der Waals surface area contributed by atoms with Crippen LogP contribution in [-0.2, 0) is 0 Å². The number of rotatable bonds is 3. The molecule has 0 aliphatic carbocycles. The van der Waals surface area contributed by atoms with E-state index in [0.717, 1.165) is 33.1 Å². The third-order valence-corrected chi connectivity index (χ3v) is 3.34. The maximum atomic E-state index is 10.3. The van der Waals surface area contributed by atoms with Gasteiger partial charge in [0, 0.05) is 28.4 Å². The van der Waals surface area contributed by atoms with E-state index in [0.29, 0.717) is 6.54 Å². The van der Waals surface area contributed by atoms with E-state index in [-0.39, 0.29) is 0 Å². The Hall–Kier alpha value is -1.78. The second-order valence-corrected chi connectivity index (χ2v) is 4.44. The van der Waals surface area contributed by atoms with Gasteiger partial charge >= 0.3 is 0 Å². The number of hydrogen-bond acceptors (Lipinski definition) is 4. The third-order valence-electron chi connectivity index (χ3n) is 3.34. The number of hydrogen-bond donors (Lipinski definition) is 2. The van der Waals surface area contributed by atoms with Crippen molar-refractivity contribution >= 4 is 21.9 Å². The molecule has 0 aliphatic heterocycles. The SMILES string of the molecule is CNCC(O)c1c2ccoc2c(C)c2ccoc12. The molecule has 0 aliphatic rings. The highest BCUT2D eigenvalue weighted by atomic mass is 16.3. The molecule has 0 spiro atoms. The van der Waals surface area contributed by atoms with Gasteiger partial charge in [0.2, 0.25) is 0 Å². The lowest BCUT2D eigenvalue weighted by Gasteiger charge is -2.13. The van der Waals surface area contributed by atoms with Crippen LogP contribution in [0.25, 0.3) is 21.9 Å². The summed E-state index contributed by atoms with van der Waals surface area (Å²) in [5.41, 5.74) is 3.39. The molecule has 1 aromatic carbocycles. The number of aryl methyl sites for hydroxylation is 1. The van der Waals surface area contributed by atoms with E-state index in [1.165, 1.54) is 0 Å². The summed E-state index contributed by atoms with van der Waals surface area (Å²) in [6, 6.07) is 3.78. The van der Waals surface area contributed by atoms with Crippen molar-refractivity contribution in [2.75, 3.05) is 13.6 Å². The Kier molecular flexibility index (Phi) is 2.61. The van der Waals surface area contributed by atoms with Gasteiger partial charge in [-0.2, -0.15) is 0 Å². The molecule has 0 radical (unpaired) electrons. The number of likely N-dealkylation sites (N-methyl/N-ethyl adjacent to an activating group) is 1. The van der Waals surface area contributed by atoms with Crippen LogP contribution in [0.1, 0.15) is 17.2 Å². The number of fused-ring (bicyclic) bond motifs is 2. The van der Waals surface area contributed by atoms with Gasteiger partial charge in [0.15, 0.2) is 0 Å². The predicted octanol–water partition coefficient (Wildman–Crippen LogP) is 2.74. The predicted molar refractivity (Wildman–Crippen MR) is 69.6 cm³/mol. The molecule has 0 amide bonds. The summed E-state index contributed by atoms with van der Waals surface area (Å²) in [6.07, 6.45) is 2.67. The molecule has 18 heavy (non-hydrogen) atoms. The van der Waals surface area contributed by atoms with Crippen molar-refractivity contribution in [1.82, 2.24) is 5.32 Å². The number of furan rings is 2. The molecule has 0 saturated carbocycles. The molecule has 4 nitrogen and oxygen atoms in total. The Balaban J connectivity index is 2.40. The standard InChI is InChI=1S/C14H15NO3/c1-8-9-3-5-18-14(9)12(11(16)7-15-2)10-4-6-17-13(8)10/h3-6,11,15-16H,7H2,1-2H3. The first-order chi connectivity index (χ1) is 8.74. The summed E-state index contributed by atoms with van der Waals surface area (Å²) in [4.78, 5) is 0. The van der Waals surface area contributed by atoms with E-state index in [9.17, 15) is 5.11 Å². The van der Waals surface area contributed by atoms with Crippen LogP contribution >= 0.6 is 0 Å². The van der Waals surface area contributed by atoms with E-state index in [2.05, 4.69) is 5.32 Å². The molecule has 94 valence electrons. The van der Waals surface area contributed by atoms with Crippen LogP contribution in [0.5, 0.6) is 0 Å². The van der Waals surface area contributed by atoms with Crippen LogP contribution in [0.15, 0.2) is 33.5 Å². The lowest BCUT2D eigenvalue weighted by molar-refractivity contribution is 0.179. The quantitative estimate of drug-likeness (QED) is 0.745. The summed E-state index contributed by atoms with van der Waals surface area (Å²) < 4.78 is 11.1. The van der Waals surface area contributed by atoms with Gasteiger partial charge in [0.05, 0.1) is 18.6 Å². The maximum Gasteiger partial charge on any atom is 0.140 e. The van der Waals surface area contributed by atoms with Crippen molar-refractivity contribution in [2.45, 2.75) is 13.0 Å². The van der Waals surface area contributed by atoms with Gasteiger partial charge in [0.25, 0.3) is 0 Å². The lowest BCUT2D eigenvalue weighted by Crippen LogP contribution is -2.17. The minimum absolute atomic E-state index is 0.471. The minimum atomic E-state index is -0.621.